The quantitative estimate of drug-likeness (QED) is 0.920. The Morgan fingerprint density at radius 1 is 1.16 bits per heavy atom. The van der Waals surface area contributed by atoms with Gasteiger partial charge < -0.3 is 5.11 Å². The van der Waals surface area contributed by atoms with E-state index in [1.165, 1.54) is 0 Å². The smallest absolute Gasteiger partial charge is 0.0848 e. The minimum atomic E-state index is -0.576. The topological polar surface area (TPSA) is 33.1 Å². The molecule has 0 bridgehead atoms. The van der Waals surface area contributed by atoms with Gasteiger partial charge in [0, 0.05) is 28.4 Å². The lowest BCUT2D eigenvalue weighted by Crippen LogP contribution is -2.06. The summed E-state index contributed by atoms with van der Waals surface area (Å²) < 4.78 is 0. The summed E-state index contributed by atoms with van der Waals surface area (Å²) in [4.78, 5) is 4.38. The first kappa shape index (κ1) is 14.0. The summed E-state index contributed by atoms with van der Waals surface area (Å²) in [6.07, 6.45) is -0.0710. The summed E-state index contributed by atoms with van der Waals surface area (Å²) in [6.45, 7) is 5.86. The SMILES string of the molecule is Cc1ccc(CC(O)c2ccc(C)nc2C)c(Cl)c1. The predicted molar refractivity (Wildman–Crippen MR) is 78.6 cm³/mol. The second-order valence-corrected chi connectivity index (χ2v) is 5.35. The first-order chi connectivity index (χ1) is 8.97. The second kappa shape index (κ2) is 5.72. The monoisotopic (exact) mass is 275 g/mol. The highest BCUT2D eigenvalue weighted by Crippen LogP contribution is 2.25. The molecule has 0 fully saturated rings. The summed E-state index contributed by atoms with van der Waals surface area (Å²) >= 11 is 6.20. The van der Waals surface area contributed by atoms with Crippen LogP contribution >= 0.6 is 11.6 Å². The van der Waals surface area contributed by atoms with Gasteiger partial charge in [0.1, 0.15) is 0 Å². The van der Waals surface area contributed by atoms with Gasteiger partial charge in [0.15, 0.2) is 0 Å². The molecule has 0 amide bonds. The zero-order valence-electron chi connectivity index (χ0n) is 11.4. The lowest BCUT2D eigenvalue weighted by Gasteiger charge is -2.15. The number of hydrogen-bond donors (Lipinski definition) is 1. The fraction of sp³-hybridized carbons (Fsp3) is 0.312. The highest BCUT2D eigenvalue weighted by atomic mass is 35.5. The van der Waals surface area contributed by atoms with E-state index in [-0.39, 0.29) is 0 Å². The van der Waals surface area contributed by atoms with Crippen molar-refractivity contribution in [3.63, 3.8) is 0 Å². The molecule has 1 N–H and O–H groups in total. The van der Waals surface area contributed by atoms with Gasteiger partial charge in [0.25, 0.3) is 0 Å². The van der Waals surface area contributed by atoms with Crippen molar-refractivity contribution < 1.29 is 5.11 Å². The Morgan fingerprint density at radius 2 is 1.89 bits per heavy atom. The molecular weight excluding hydrogens is 258 g/mol. The molecule has 2 aromatic rings. The maximum atomic E-state index is 10.3. The number of nitrogens with zero attached hydrogens (tertiary/aromatic N) is 1. The first-order valence-electron chi connectivity index (χ1n) is 6.34. The zero-order valence-corrected chi connectivity index (χ0v) is 12.2. The Morgan fingerprint density at radius 3 is 2.53 bits per heavy atom. The van der Waals surface area contributed by atoms with Gasteiger partial charge in [-0.3, -0.25) is 4.98 Å². The van der Waals surface area contributed by atoms with Gasteiger partial charge in [-0.2, -0.15) is 0 Å². The van der Waals surface area contributed by atoms with Crippen molar-refractivity contribution in [3.05, 3.63) is 63.4 Å². The number of hydrogen-bond acceptors (Lipinski definition) is 2. The number of pyridine rings is 1. The average molecular weight is 276 g/mol. The standard InChI is InChI=1S/C16H18ClNO/c1-10-4-6-13(15(17)8-10)9-16(19)14-7-5-11(2)18-12(14)3/h4-8,16,19H,9H2,1-3H3. The number of aromatic nitrogens is 1. The Balaban J connectivity index is 2.23. The summed E-state index contributed by atoms with van der Waals surface area (Å²) in [6, 6.07) is 9.75. The molecule has 1 atom stereocenters. The summed E-state index contributed by atoms with van der Waals surface area (Å²) in [5, 5.41) is 11.0. The van der Waals surface area contributed by atoms with Crippen molar-refractivity contribution >= 4 is 11.6 Å². The molecule has 0 saturated heterocycles. The Bertz CT molecular complexity index is 595. The number of rotatable bonds is 3. The largest absolute Gasteiger partial charge is 0.388 e. The van der Waals surface area contributed by atoms with Crippen LogP contribution in [0.15, 0.2) is 30.3 Å². The van der Waals surface area contributed by atoms with E-state index < -0.39 is 6.10 Å². The van der Waals surface area contributed by atoms with Crippen molar-refractivity contribution in [2.75, 3.05) is 0 Å². The molecule has 0 saturated carbocycles. The van der Waals surface area contributed by atoms with Gasteiger partial charge in [0.2, 0.25) is 0 Å². The van der Waals surface area contributed by atoms with Crippen LogP contribution in [0.5, 0.6) is 0 Å². The molecule has 0 spiro atoms. The van der Waals surface area contributed by atoms with Crippen LogP contribution in [0, 0.1) is 20.8 Å². The Kier molecular flexibility index (Phi) is 4.23. The highest BCUT2D eigenvalue weighted by Gasteiger charge is 2.14. The highest BCUT2D eigenvalue weighted by molar-refractivity contribution is 6.31. The number of benzene rings is 1. The molecule has 0 aliphatic heterocycles. The van der Waals surface area contributed by atoms with Crippen molar-refractivity contribution in [3.8, 4) is 0 Å². The summed E-state index contributed by atoms with van der Waals surface area (Å²) in [5.74, 6) is 0. The fourth-order valence-electron chi connectivity index (χ4n) is 2.19. The molecule has 0 aliphatic carbocycles. The molecule has 1 unspecified atom stereocenters. The molecule has 2 rings (SSSR count). The van der Waals surface area contributed by atoms with E-state index in [0.717, 1.165) is 28.1 Å². The van der Waals surface area contributed by atoms with E-state index in [4.69, 9.17) is 11.6 Å². The second-order valence-electron chi connectivity index (χ2n) is 4.94. The maximum Gasteiger partial charge on any atom is 0.0848 e. The van der Waals surface area contributed by atoms with Crippen LogP contribution in [0.4, 0.5) is 0 Å². The van der Waals surface area contributed by atoms with E-state index >= 15 is 0 Å². The molecule has 1 aromatic carbocycles. The van der Waals surface area contributed by atoms with E-state index in [9.17, 15) is 5.11 Å². The Hall–Kier alpha value is -1.38. The molecule has 1 aromatic heterocycles. The van der Waals surface area contributed by atoms with Crippen LogP contribution in [0.2, 0.25) is 5.02 Å². The summed E-state index contributed by atoms with van der Waals surface area (Å²) in [5.41, 5.74) is 4.77. The van der Waals surface area contributed by atoms with E-state index in [1.54, 1.807) is 0 Å². The fourth-order valence-corrected chi connectivity index (χ4v) is 2.50. The zero-order chi connectivity index (χ0) is 14.0. The van der Waals surface area contributed by atoms with E-state index in [1.807, 2.05) is 51.1 Å². The van der Waals surface area contributed by atoms with Crippen molar-refractivity contribution in [2.24, 2.45) is 0 Å². The molecule has 1 heterocycles. The van der Waals surface area contributed by atoms with Crippen LogP contribution < -0.4 is 0 Å². The van der Waals surface area contributed by atoms with E-state index in [2.05, 4.69) is 4.98 Å². The van der Waals surface area contributed by atoms with Crippen LogP contribution in [-0.2, 0) is 6.42 Å². The van der Waals surface area contributed by atoms with Gasteiger partial charge in [-0.1, -0.05) is 29.8 Å². The first-order valence-corrected chi connectivity index (χ1v) is 6.72. The van der Waals surface area contributed by atoms with Crippen LogP contribution in [0.3, 0.4) is 0 Å². The molecule has 3 heteroatoms. The third-order valence-corrected chi connectivity index (χ3v) is 3.60. The van der Waals surface area contributed by atoms with Crippen molar-refractivity contribution in [1.82, 2.24) is 4.98 Å². The van der Waals surface area contributed by atoms with Crippen LogP contribution in [0.1, 0.15) is 34.2 Å². The van der Waals surface area contributed by atoms with Gasteiger partial charge in [-0.25, -0.2) is 0 Å². The number of aryl methyl sites for hydroxylation is 3. The number of aliphatic hydroxyl groups is 1. The lowest BCUT2D eigenvalue weighted by molar-refractivity contribution is 0.177. The third kappa shape index (κ3) is 3.34. The Labute approximate surface area is 119 Å². The predicted octanol–water partition coefficient (Wildman–Crippen LogP) is 3.94. The average Bonchev–Trinajstić information content (AvgIpc) is 2.32. The maximum absolute atomic E-state index is 10.3. The molecule has 19 heavy (non-hydrogen) atoms. The minimum Gasteiger partial charge on any atom is -0.388 e. The van der Waals surface area contributed by atoms with Gasteiger partial charge >= 0.3 is 0 Å². The van der Waals surface area contributed by atoms with Crippen LogP contribution in [-0.4, -0.2) is 10.1 Å². The van der Waals surface area contributed by atoms with Crippen LogP contribution in [0.25, 0.3) is 0 Å². The third-order valence-electron chi connectivity index (χ3n) is 3.25. The lowest BCUT2D eigenvalue weighted by atomic mass is 9.99. The van der Waals surface area contributed by atoms with Crippen molar-refractivity contribution in [1.29, 1.82) is 0 Å². The van der Waals surface area contributed by atoms with Gasteiger partial charge in [-0.05, 0) is 44.0 Å². The minimum absolute atomic E-state index is 0.505. The molecule has 100 valence electrons. The number of halogens is 1. The number of aliphatic hydroxyl groups excluding tert-OH is 1. The molecule has 0 radical (unpaired) electrons. The molecule has 0 aliphatic rings. The van der Waals surface area contributed by atoms with Crippen molar-refractivity contribution in [2.45, 2.75) is 33.3 Å². The summed E-state index contributed by atoms with van der Waals surface area (Å²) in [7, 11) is 0. The van der Waals surface area contributed by atoms with Gasteiger partial charge in [0.05, 0.1) is 6.10 Å². The molecular formula is C16H18ClNO. The van der Waals surface area contributed by atoms with E-state index in [0.29, 0.717) is 11.4 Å². The molecule has 2 nitrogen and oxygen atoms in total. The normalized spacial score (nSPS) is 12.5. The van der Waals surface area contributed by atoms with Gasteiger partial charge in [-0.15, -0.1) is 0 Å².